The van der Waals surface area contributed by atoms with Crippen LogP contribution in [0.4, 0.5) is 0 Å². The van der Waals surface area contributed by atoms with Gasteiger partial charge in [0.1, 0.15) is 5.76 Å². The monoisotopic (exact) mass is 394 g/mol. The van der Waals surface area contributed by atoms with Crippen LogP contribution in [0.5, 0.6) is 0 Å². The SMILES string of the molecule is CC(=O)C1=C2C=CC(=N2)C(=C(C)O)C2=NC(=Cc3ccc([nH]3)C=C3C=CC1=N3)C=C2. The van der Waals surface area contributed by atoms with Crippen LogP contribution in [0.25, 0.3) is 12.2 Å². The fourth-order valence-electron chi connectivity index (χ4n) is 3.75. The number of carbonyl (C=O) groups is 1. The molecule has 0 aromatic carbocycles. The van der Waals surface area contributed by atoms with Crippen LogP contribution >= 0.6 is 0 Å². The second kappa shape index (κ2) is 6.77. The molecule has 0 saturated carbocycles. The third-order valence-corrected chi connectivity index (χ3v) is 5.04. The second-order valence-electron chi connectivity index (χ2n) is 7.28. The number of hydrogen-bond acceptors (Lipinski definition) is 5. The molecule has 0 radical (unpaired) electrons. The first kappa shape index (κ1) is 18.0. The number of aromatic nitrogens is 1. The fraction of sp³-hybridized carbons (Fsp3) is 0.0833. The summed E-state index contributed by atoms with van der Waals surface area (Å²) >= 11 is 0. The number of aliphatic hydroxyl groups is 1. The minimum atomic E-state index is -0.123. The van der Waals surface area contributed by atoms with Crippen LogP contribution in [0.15, 0.2) is 97.6 Å². The Bertz CT molecular complexity index is 1310. The Hall–Kier alpha value is -4.06. The first-order valence-corrected chi connectivity index (χ1v) is 9.57. The molecule has 2 N–H and O–H groups in total. The fourth-order valence-corrected chi connectivity index (χ4v) is 3.75. The Morgan fingerprint density at radius 3 is 2.00 bits per heavy atom. The van der Waals surface area contributed by atoms with Crippen molar-refractivity contribution in [1.29, 1.82) is 0 Å². The van der Waals surface area contributed by atoms with Gasteiger partial charge >= 0.3 is 0 Å². The van der Waals surface area contributed by atoms with Crippen molar-refractivity contribution in [1.82, 2.24) is 4.98 Å². The van der Waals surface area contributed by atoms with E-state index in [4.69, 9.17) is 0 Å². The third-order valence-electron chi connectivity index (χ3n) is 5.04. The van der Waals surface area contributed by atoms with Crippen LogP contribution in [0.1, 0.15) is 25.2 Å². The molecule has 4 aliphatic heterocycles. The number of aliphatic hydroxyl groups excluding tert-OH is 1. The van der Waals surface area contributed by atoms with Gasteiger partial charge in [-0.2, -0.15) is 0 Å². The van der Waals surface area contributed by atoms with E-state index < -0.39 is 0 Å². The van der Waals surface area contributed by atoms with Gasteiger partial charge in [0.25, 0.3) is 0 Å². The Labute approximate surface area is 173 Å². The zero-order valence-electron chi connectivity index (χ0n) is 16.5. The molecule has 0 amide bonds. The lowest BCUT2D eigenvalue weighted by Crippen LogP contribution is -2.11. The zero-order valence-corrected chi connectivity index (χ0v) is 16.5. The first-order valence-electron chi connectivity index (χ1n) is 9.57. The molecule has 146 valence electrons. The van der Waals surface area contributed by atoms with E-state index in [9.17, 15) is 9.90 Å². The summed E-state index contributed by atoms with van der Waals surface area (Å²) in [5.41, 5.74) is 6.56. The average Bonchev–Trinajstić information content (AvgIpc) is 3.46. The summed E-state index contributed by atoms with van der Waals surface area (Å²) in [4.78, 5) is 29.7. The molecule has 0 unspecified atom stereocenters. The maximum absolute atomic E-state index is 12.5. The molecule has 4 aliphatic rings. The molecule has 30 heavy (non-hydrogen) atoms. The lowest BCUT2D eigenvalue weighted by atomic mass is 10.0. The number of fused-ring (bicyclic) bond motifs is 5. The van der Waals surface area contributed by atoms with Crippen molar-refractivity contribution in [2.45, 2.75) is 13.8 Å². The molecule has 5 heterocycles. The van der Waals surface area contributed by atoms with E-state index in [0.29, 0.717) is 34.0 Å². The van der Waals surface area contributed by atoms with Crippen molar-refractivity contribution in [2.24, 2.45) is 15.0 Å². The van der Waals surface area contributed by atoms with E-state index in [1.807, 2.05) is 48.6 Å². The summed E-state index contributed by atoms with van der Waals surface area (Å²) in [6.45, 7) is 3.11. The van der Waals surface area contributed by atoms with E-state index in [1.54, 1.807) is 19.1 Å². The minimum absolute atomic E-state index is 0.111. The van der Waals surface area contributed by atoms with E-state index in [1.165, 1.54) is 6.92 Å². The highest BCUT2D eigenvalue weighted by Gasteiger charge is 2.24. The van der Waals surface area contributed by atoms with Crippen LogP contribution in [0.2, 0.25) is 0 Å². The third kappa shape index (κ3) is 3.08. The number of Topliss-reactive ketones (excluding diaryl/α,β-unsaturated/α-hetero) is 1. The molecule has 6 nitrogen and oxygen atoms in total. The molecule has 0 fully saturated rings. The number of aliphatic imine (C=N–C) groups is 3. The van der Waals surface area contributed by atoms with Gasteiger partial charge in [-0.05, 0) is 74.6 Å². The highest BCUT2D eigenvalue weighted by molar-refractivity contribution is 6.34. The highest BCUT2D eigenvalue weighted by Crippen LogP contribution is 2.27. The summed E-state index contributed by atoms with van der Waals surface area (Å²) in [6.07, 6.45) is 14.9. The summed E-state index contributed by atoms with van der Waals surface area (Å²) in [7, 11) is 0. The smallest absolute Gasteiger partial charge is 0.164 e. The maximum Gasteiger partial charge on any atom is 0.164 e. The number of nitrogens with one attached hydrogen (secondary N) is 1. The molecule has 0 atom stereocenters. The van der Waals surface area contributed by atoms with E-state index in [0.717, 1.165) is 22.8 Å². The van der Waals surface area contributed by atoms with Crippen LogP contribution in [0.3, 0.4) is 0 Å². The topological polar surface area (TPSA) is 90.2 Å². The van der Waals surface area contributed by atoms with Crippen LogP contribution < -0.4 is 0 Å². The number of ketones is 1. The van der Waals surface area contributed by atoms with Gasteiger partial charge in [-0.25, -0.2) is 15.0 Å². The number of hydrogen-bond donors (Lipinski definition) is 2. The van der Waals surface area contributed by atoms with Gasteiger partial charge in [0.05, 0.1) is 45.4 Å². The molecule has 1 aromatic rings. The van der Waals surface area contributed by atoms with Gasteiger partial charge in [-0.3, -0.25) is 4.79 Å². The lowest BCUT2D eigenvalue weighted by molar-refractivity contribution is -0.113. The summed E-state index contributed by atoms with van der Waals surface area (Å²) in [5, 5.41) is 10.4. The maximum atomic E-state index is 12.5. The van der Waals surface area contributed by atoms with Gasteiger partial charge in [-0.15, -0.1) is 0 Å². The number of nitrogens with zero attached hydrogens (tertiary/aromatic N) is 3. The molecule has 0 aliphatic carbocycles. The normalized spacial score (nSPS) is 20.8. The number of aromatic amines is 1. The van der Waals surface area contributed by atoms with Crippen LogP contribution in [-0.2, 0) is 4.79 Å². The van der Waals surface area contributed by atoms with Crippen molar-refractivity contribution in [2.75, 3.05) is 0 Å². The number of carbonyl (C=O) groups excluding carboxylic acids is 1. The van der Waals surface area contributed by atoms with Crippen LogP contribution in [-0.4, -0.2) is 33.0 Å². The van der Waals surface area contributed by atoms with E-state index >= 15 is 0 Å². The number of rotatable bonds is 1. The summed E-state index contributed by atoms with van der Waals surface area (Å²) < 4.78 is 0. The molecule has 0 spiro atoms. The van der Waals surface area contributed by atoms with Crippen molar-refractivity contribution in [3.8, 4) is 0 Å². The largest absolute Gasteiger partial charge is 0.512 e. The first-order chi connectivity index (χ1) is 14.5. The summed E-state index contributed by atoms with van der Waals surface area (Å²) in [6, 6.07) is 3.93. The summed E-state index contributed by atoms with van der Waals surface area (Å²) in [5.74, 6) is -0.0116. The Morgan fingerprint density at radius 1 is 0.800 bits per heavy atom. The van der Waals surface area contributed by atoms with Gasteiger partial charge in [-0.1, -0.05) is 0 Å². The van der Waals surface area contributed by atoms with E-state index in [-0.39, 0.29) is 11.5 Å². The molecular formula is C24H18N4O2. The van der Waals surface area contributed by atoms with Gasteiger partial charge in [0.2, 0.25) is 0 Å². The van der Waals surface area contributed by atoms with Crippen molar-refractivity contribution in [3.05, 3.63) is 94.0 Å². The minimum Gasteiger partial charge on any atom is -0.512 e. The zero-order chi connectivity index (χ0) is 20.8. The predicted molar refractivity (Wildman–Crippen MR) is 120 cm³/mol. The van der Waals surface area contributed by atoms with Crippen molar-refractivity contribution in [3.63, 3.8) is 0 Å². The number of H-pyrrole nitrogens is 1. The van der Waals surface area contributed by atoms with Gasteiger partial charge < -0.3 is 10.1 Å². The molecule has 1 aromatic heterocycles. The molecule has 6 heteroatoms. The van der Waals surface area contributed by atoms with Crippen molar-refractivity contribution >= 4 is 35.1 Å². The van der Waals surface area contributed by atoms with Crippen molar-refractivity contribution < 1.29 is 9.90 Å². The highest BCUT2D eigenvalue weighted by atomic mass is 16.3. The number of allylic oxidation sites excluding steroid dienone is 9. The molecule has 0 saturated heterocycles. The Morgan fingerprint density at radius 2 is 1.37 bits per heavy atom. The van der Waals surface area contributed by atoms with Gasteiger partial charge in [0, 0.05) is 11.4 Å². The van der Waals surface area contributed by atoms with Crippen LogP contribution in [0, 0.1) is 0 Å². The lowest BCUT2D eigenvalue weighted by Gasteiger charge is -2.07. The standard InChI is InChI=1S/C24H18N4O2/c1-13(29)23-19-7-5-17(26-19)11-15-3-4-16(25-15)12-18-6-8-20(27-18)24(14(2)30)22-10-9-21(23)28-22/h3-12,25,29H,1-2H3. The predicted octanol–water partition coefficient (Wildman–Crippen LogP) is 4.42. The Balaban J connectivity index is 1.77. The van der Waals surface area contributed by atoms with Gasteiger partial charge in [0.15, 0.2) is 5.78 Å². The quantitative estimate of drug-likeness (QED) is 0.691. The Kier molecular flexibility index (Phi) is 4.06. The molecular weight excluding hydrogens is 376 g/mol. The average molecular weight is 394 g/mol. The molecule has 8 bridgehead atoms. The molecule has 5 rings (SSSR count). The van der Waals surface area contributed by atoms with E-state index in [2.05, 4.69) is 20.0 Å². The second-order valence-corrected chi connectivity index (χ2v) is 7.28.